The van der Waals surface area contributed by atoms with E-state index < -0.39 is 0 Å². The van der Waals surface area contributed by atoms with Gasteiger partial charge < -0.3 is 10.2 Å². The molecule has 1 aliphatic heterocycles. The highest BCUT2D eigenvalue weighted by molar-refractivity contribution is 5.75. The molecule has 1 heterocycles. The summed E-state index contributed by atoms with van der Waals surface area (Å²) in [7, 11) is 1.93. The molecule has 0 saturated carbocycles. The lowest BCUT2D eigenvalue weighted by Crippen LogP contribution is -2.46. The van der Waals surface area contributed by atoms with Crippen LogP contribution in [0.15, 0.2) is 0 Å². The van der Waals surface area contributed by atoms with Gasteiger partial charge in [0.1, 0.15) is 0 Å². The maximum atomic E-state index is 11.8. The van der Waals surface area contributed by atoms with Crippen LogP contribution in [0.4, 0.5) is 0 Å². The molecule has 0 aliphatic carbocycles. The van der Waals surface area contributed by atoms with Gasteiger partial charge in [-0.3, -0.25) is 9.69 Å². The summed E-state index contributed by atoms with van der Waals surface area (Å²) >= 11 is 0. The van der Waals surface area contributed by atoms with E-state index in [1.807, 2.05) is 11.9 Å². The van der Waals surface area contributed by atoms with Crippen LogP contribution >= 0.6 is 0 Å². The molecule has 1 rings (SSSR count). The van der Waals surface area contributed by atoms with Gasteiger partial charge in [0.15, 0.2) is 0 Å². The Morgan fingerprint density at radius 1 is 1.29 bits per heavy atom. The van der Waals surface area contributed by atoms with Gasteiger partial charge in [-0.1, -0.05) is 19.8 Å². The molecule has 1 fully saturated rings. The van der Waals surface area contributed by atoms with Crippen molar-refractivity contribution in [1.82, 2.24) is 15.1 Å². The third-order valence-corrected chi connectivity index (χ3v) is 3.38. The van der Waals surface area contributed by atoms with Gasteiger partial charge >= 0.3 is 0 Å². The lowest BCUT2D eigenvalue weighted by atomic mass is 10.2. The van der Waals surface area contributed by atoms with Crippen LogP contribution in [0.5, 0.6) is 0 Å². The predicted molar refractivity (Wildman–Crippen MR) is 71.1 cm³/mol. The van der Waals surface area contributed by atoms with Crippen LogP contribution in [0.25, 0.3) is 0 Å². The van der Waals surface area contributed by atoms with Crippen LogP contribution in [-0.2, 0) is 4.79 Å². The summed E-state index contributed by atoms with van der Waals surface area (Å²) in [6.45, 7) is 8.42. The summed E-state index contributed by atoms with van der Waals surface area (Å²) in [6.07, 6.45) is 4.09. The summed E-state index contributed by atoms with van der Waals surface area (Å²) < 4.78 is 0. The second kappa shape index (κ2) is 8.48. The van der Waals surface area contributed by atoms with Crippen LogP contribution in [0.3, 0.4) is 0 Å². The zero-order valence-electron chi connectivity index (χ0n) is 11.4. The van der Waals surface area contributed by atoms with Gasteiger partial charge in [0.2, 0.25) is 5.91 Å². The van der Waals surface area contributed by atoms with E-state index in [0.29, 0.717) is 12.3 Å². The van der Waals surface area contributed by atoms with E-state index in [2.05, 4.69) is 17.1 Å². The molecule has 1 aliphatic rings. The van der Waals surface area contributed by atoms with Crippen molar-refractivity contribution in [1.29, 1.82) is 0 Å². The molecular formula is C13H27N3O. The Kier molecular flexibility index (Phi) is 7.21. The molecule has 4 nitrogen and oxygen atoms in total. The summed E-state index contributed by atoms with van der Waals surface area (Å²) in [6, 6.07) is 0. The Hall–Kier alpha value is -0.610. The summed E-state index contributed by atoms with van der Waals surface area (Å²) in [5.41, 5.74) is 0. The largest absolute Gasteiger partial charge is 0.344 e. The van der Waals surface area contributed by atoms with Crippen LogP contribution in [0.1, 0.15) is 32.6 Å². The minimum Gasteiger partial charge on any atom is -0.344 e. The van der Waals surface area contributed by atoms with E-state index in [4.69, 9.17) is 0 Å². The molecule has 1 amide bonds. The van der Waals surface area contributed by atoms with Crippen molar-refractivity contribution in [2.45, 2.75) is 32.6 Å². The van der Waals surface area contributed by atoms with E-state index in [9.17, 15) is 4.79 Å². The summed E-state index contributed by atoms with van der Waals surface area (Å²) in [5, 5.41) is 3.34. The molecule has 0 aromatic carbocycles. The third-order valence-electron chi connectivity index (χ3n) is 3.38. The third kappa shape index (κ3) is 6.03. The van der Waals surface area contributed by atoms with Gasteiger partial charge in [-0.25, -0.2) is 0 Å². The van der Waals surface area contributed by atoms with Crippen molar-refractivity contribution in [3.8, 4) is 0 Å². The number of amides is 1. The number of likely N-dealkylation sites (N-methyl/N-ethyl adjacent to an activating group) is 1. The Balaban J connectivity index is 2.10. The Bertz CT molecular complexity index is 215. The molecule has 1 saturated heterocycles. The molecule has 0 radical (unpaired) electrons. The second-order valence-electron chi connectivity index (χ2n) is 4.86. The number of nitrogens with one attached hydrogen (secondary N) is 1. The van der Waals surface area contributed by atoms with Crippen molar-refractivity contribution < 1.29 is 4.79 Å². The van der Waals surface area contributed by atoms with Gasteiger partial charge in [-0.2, -0.15) is 0 Å². The molecule has 0 spiro atoms. The van der Waals surface area contributed by atoms with Crippen molar-refractivity contribution >= 4 is 5.91 Å². The van der Waals surface area contributed by atoms with E-state index >= 15 is 0 Å². The number of rotatable bonds is 7. The first-order valence-electron chi connectivity index (χ1n) is 6.91. The van der Waals surface area contributed by atoms with Crippen molar-refractivity contribution in [3.63, 3.8) is 0 Å². The van der Waals surface area contributed by atoms with Crippen LogP contribution in [-0.4, -0.2) is 62.0 Å². The average Bonchev–Trinajstić information content (AvgIpc) is 2.37. The number of hydrogen-bond acceptors (Lipinski definition) is 3. The molecule has 17 heavy (non-hydrogen) atoms. The number of carbonyl (C=O) groups is 1. The van der Waals surface area contributed by atoms with Crippen LogP contribution in [0, 0.1) is 0 Å². The highest BCUT2D eigenvalue weighted by Crippen LogP contribution is 2.02. The SMILES string of the molecule is CCCCCC(=O)N(C)CCN1CCNCC1. The fourth-order valence-corrected chi connectivity index (χ4v) is 2.07. The first-order chi connectivity index (χ1) is 8.24. The van der Waals surface area contributed by atoms with Gasteiger partial charge in [0.05, 0.1) is 0 Å². The Morgan fingerprint density at radius 2 is 2.00 bits per heavy atom. The Labute approximate surface area is 105 Å². The quantitative estimate of drug-likeness (QED) is 0.674. The highest BCUT2D eigenvalue weighted by atomic mass is 16.2. The fraction of sp³-hybridized carbons (Fsp3) is 0.923. The Morgan fingerprint density at radius 3 is 2.65 bits per heavy atom. The van der Waals surface area contributed by atoms with E-state index in [1.165, 1.54) is 6.42 Å². The summed E-state index contributed by atoms with van der Waals surface area (Å²) in [5.74, 6) is 0.300. The fourth-order valence-electron chi connectivity index (χ4n) is 2.07. The number of carbonyl (C=O) groups excluding carboxylic acids is 1. The standard InChI is InChI=1S/C13H27N3O/c1-3-4-5-6-13(17)15(2)11-12-16-9-7-14-8-10-16/h14H,3-12H2,1-2H3. The molecule has 0 atom stereocenters. The minimum absolute atomic E-state index is 0.300. The molecule has 1 N–H and O–H groups in total. The molecule has 0 unspecified atom stereocenters. The topological polar surface area (TPSA) is 35.6 Å². The predicted octanol–water partition coefficient (Wildman–Crippen LogP) is 0.930. The van der Waals surface area contributed by atoms with E-state index in [1.54, 1.807) is 0 Å². The maximum Gasteiger partial charge on any atom is 0.222 e. The smallest absolute Gasteiger partial charge is 0.222 e. The molecule has 0 bridgehead atoms. The molecule has 0 aromatic rings. The zero-order chi connectivity index (χ0) is 12.5. The second-order valence-corrected chi connectivity index (χ2v) is 4.86. The lowest BCUT2D eigenvalue weighted by molar-refractivity contribution is -0.130. The number of hydrogen-bond donors (Lipinski definition) is 1. The average molecular weight is 241 g/mol. The van der Waals surface area contributed by atoms with Crippen molar-refractivity contribution in [3.05, 3.63) is 0 Å². The van der Waals surface area contributed by atoms with Gasteiger partial charge in [-0.05, 0) is 6.42 Å². The normalized spacial score (nSPS) is 17.1. The molecular weight excluding hydrogens is 214 g/mol. The van der Waals surface area contributed by atoms with Gasteiger partial charge in [-0.15, -0.1) is 0 Å². The highest BCUT2D eigenvalue weighted by Gasteiger charge is 2.12. The maximum absolute atomic E-state index is 11.8. The van der Waals surface area contributed by atoms with Crippen LogP contribution < -0.4 is 5.32 Å². The molecule has 4 heteroatoms. The van der Waals surface area contributed by atoms with Crippen LogP contribution in [0.2, 0.25) is 0 Å². The van der Waals surface area contributed by atoms with Crippen molar-refractivity contribution in [2.24, 2.45) is 0 Å². The minimum atomic E-state index is 0.300. The monoisotopic (exact) mass is 241 g/mol. The van der Waals surface area contributed by atoms with Crippen molar-refractivity contribution in [2.75, 3.05) is 46.3 Å². The molecule has 100 valence electrons. The number of piperazine rings is 1. The van der Waals surface area contributed by atoms with Gasteiger partial charge in [0.25, 0.3) is 0 Å². The van der Waals surface area contributed by atoms with E-state index in [-0.39, 0.29) is 0 Å². The van der Waals surface area contributed by atoms with Gasteiger partial charge in [0, 0.05) is 52.7 Å². The summed E-state index contributed by atoms with van der Waals surface area (Å²) in [4.78, 5) is 16.1. The lowest BCUT2D eigenvalue weighted by Gasteiger charge is -2.29. The van der Waals surface area contributed by atoms with E-state index in [0.717, 1.165) is 52.1 Å². The number of nitrogens with zero attached hydrogens (tertiary/aromatic N) is 2. The zero-order valence-corrected chi connectivity index (χ0v) is 11.4. The molecule has 0 aromatic heterocycles. The number of unbranched alkanes of at least 4 members (excludes halogenated alkanes) is 2. The first kappa shape index (κ1) is 14.5. The first-order valence-corrected chi connectivity index (χ1v) is 6.91.